The number of nitrogens with one attached hydrogen (secondary N) is 1. The first kappa shape index (κ1) is 12.2. The standard InChI is InChI=1S/C13H13NO4/c1-8(17-7-15)12-6-14-13-4-3-10(5-11(12)13)18-9(2)16/h3-8,14H,1-2H3. The first-order valence-electron chi connectivity index (χ1n) is 5.50. The molecule has 0 aliphatic rings. The zero-order valence-electron chi connectivity index (χ0n) is 10.1. The number of carbonyl (C=O) groups is 2. The van der Waals surface area contributed by atoms with Gasteiger partial charge in [0.2, 0.25) is 0 Å². The summed E-state index contributed by atoms with van der Waals surface area (Å²) in [6.45, 7) is 3.54. The van der Waals surface area contributed by atoms with Crippen LogP contribution >= 0.6 is 0 Å². The molecule has 1 aromatic heterocycles. The van der Waals surface area contributed by atoms with Crippen LogP contribution in [-0.4, -0.2) is 17.4 Å². The zero-order chi connectivity index (χ0) is 13.1. The van der Waals surface area contributed by atoms with Crippen LogP contribution in [0.3, 0.4) is 0 Å². The summed E-state index contributed by atoms with van der Waals surface area (Å²) < 4.78 is 9.93. The molecule has 1 atom stereocenters. The molecule has 0 bridgehead atoms. The monoisotopic (exact) mass is 247 g/mol. The van der Waals surface area contributed by atoms with Crippen LogP contribution in [0.25, 0.3) is 10.9 Å². The lowest BCUT2D eigenvalue weighted by Gasteiger charge is -2.08. The van der Waals surface area contributed by atoms with Crippen LogP contribution in [0.2, 0.25) is 0 Å². The second kappa shape index (κ2) is 4.91. The molecule has 0 aliphatic carbocycles. The van der Waals surface area contributed by atoms with Crippen LogP contribution in [0.4, 0.5) is 0 Å². The quantitative estimate of drug-likeness (QED) is 0.511. The molecule has 1 unspecified atom stereocenters. The Morgan fingerprint density at radius 3 is 2.89 bits per heavy atom. The number of carbonyl (C=O) groups excluding carboxylic acids is 2. The number of hydrogen-bond donors (Lipinski definition) is 1. The van der Waals surface area contributed by atoms with Crippen LogP contribution in [0.1, 0.15) is 25.5 Å². The molecule has 1 N–H and O–H groups in total. The third-order valence-corrected chi connectivity index (χ3v) is 2.64. The van der Waals surface area contributed by atoms with Crippen LogP contribution in [0.15, 0.2) is 24.4 Å². The highest BCUT2D eigenvalue weighted by atomic mass is 16.5. The molecular formula is C13H13NO4. The molecule has 0 fully saturated rings. The molecule has 18 heavy (non-hydrogen) atoms. The maximum atomic E-state index is 10.9. The maximum Gasteiger partial charge on any atom is 0.308 e. The summed E-state index contributed by atoms with van der Waals surface area (Å²) in [7, 11) is 0. The van der Waals surface area contributed by atoms with Crippen molar-refractivity contribution in [1.29, 1.82) is 0 Å². The Balaban J connectivity index is 2.42. The second-order valence-electron chi connectivity index (χ2n) is 3.92. The van der Waals surface area contributed by atoms with Gasteiger partial charge in [0.15, 0.2) is 0 Å². The average molecular weight is 247 g/mol. The third kappa shape index (κ3) is 2.34. The average Bonchev–Trinajstić information content (AvgIpc) is 2.71. The van der Waals surface area contributed by atoms with E-state index in [-0.39, 0.29) is 12.1 Å². The highest BCUT2D eigenvalue weighted by Crippen LogP contribution is 2.29. The van der Waals surface area contributed by atoms with Crippen molar-refractivity contribution in [3.8, 4) is 5.75 Å². The summed E-state index contributed by atoms with van der Waals surface area (Å²) in [6, 6.07) is 5.26. The molecule has 0 radical (unpaired) electrons. The van der Waals surface area contributed by atoms with E-state index >= 15 is 0 Å². The van der Waals surface area contributed by atoms with Gasteiger partial charge in [0.25, 0.3) is 6.47 Å². The molecule has 5 heteroatoms. The molecule has 2 aromatic rings. The molecule has 0 saturated heterocycles. The first-order chi connectivity index (χ1) is 8.61. The van der Waals surface area contributed by atoms with Crippen LogP contribution < -0.4 is 4.74 Å². The van der Waals surface area contributed by atoms with E-state index in [0.717, 1.165) is 16.5 Å². The van der Waals surface area contributed by atoms with E-state index in [2.05, 4.69) is 4.98 Å². The van der Waals surface area contributed by atoms with Gasteiger partial charge in [0, 0.05) is 29.6 Å². The molecular weight excluding hydrogens is 234 g/mol. The smallest absolute Gasteiger partial charge is 0.308 e. The van der Waals surface area contributed by atoms with E-state index in [0.29, 0.717) is 12.2 Å². The third-order valence-electron chi connectivity index (χ3n) is 2.64. The molecule has 0 spiro atoms. The lowest BCUT2D eigenvalue weighted by Crippen LogP contribution is -2.01. The van der Waals surface area contributed by atoms with Crippen molar-refractivity contribution in [2.45, 2.75) is 20.0 Å². The van der Waals surface area contributed by atoms with Crippen LogP contribution in [0, 0.1) is 0 Å². The van der Waals surface area contributed by atoms with Crippen molar-refractivity contribution in [2.75, 3.05) is 0 Å². The lowest BCUT2D eigenvalue weighted by molar-refractivity contribution is -0.133. The van der Waals surface area contributed by atoms with Crippen molar-refractivity contribution < 1.29 is 19.1 Å². The van der Waals surface area contributed by atoms with Crippen molar-refractivity contribution in [2.24, 2.45) is 0 Å². The number of aromatic amines is 1. The van der Waals surface area contributed by atoms with Gasteiger partial charge in [-0.2, -0.15) is 0 Å². The van der Waals surface area contributed by atoms with E-state index in [1.807, 2.05) is 6.07 Å². The van der Waals surface area contributed by atoms with Crippen molar-refractivity contribution in [1.82, 2.24) is 4.98 Å². The highest BCUT2D eigenvalue weighted by molar-refractivity contribution is 5.85. The lowest BCUT2D eigenvalue weighted by atomic mass is 10.1. The van der Waals surface area contributed by atoms with Crippen molar-refractivity contribution in [3.63, 3.8) is 0 Å². The van der Waals surface area contributed by atoms with E-state index in [1.165, 1.54) is 6.92 Å². The minimum Gasteiger partial charge on any atom is -0.460 e. The van der Waals surface area contributed by atoms with Gasteiger partial charge in [-0.1, -0.05) is 0 Å². The zero-order valence-corrected chi connectivity index (χ0v) is 10.1. The minimum atomic E-state index is -0.372. The minimum absolute atomic E-state index is 0.358. The van der Waals surface area contributed by atoms with E-state index < -0.39 is 0 Å². The predicted octanol–water partition coefficient (Wildman–Crippen LogP) is 2.33. The molecule has 5 nitrogen and oxygen atoms in total. The van der Waals surface area contributed by atoms with Crippen molar-refractivity contribution in [3.05, 3.63) is 30.0 Å². The van der Waals surface area contributed by atoms with Crippen LogP contribution in [-0.2, 0) is 14.3 Å². The largest absolute Gasteiger partial charge is 0.460 e. The van der Waals surface area contributed by atoms with Gasteiger partial charge in [-0.05, 0) is 25.1 Å². The fourth-order valence-corrected chi connectivity index (χ4v) is 1.84. The Morgan fingerprint density at radius 2 is 2.22 bits per heavy atom. The Hall–Kier alpha value is -2.30. The molecule has 1 heterocycles. The summed E-state index contributed by atoms with van der Waals surface area (Å²) in [4.78, 5) is 24.3. The number of rotatable bonds is 4. The van der Waals surface area contributed by atoms with Gasteiger partial charge in [-0.25, -0.2) is 0 Å². The van der Waals surface area contributed by atoms with Crippen molar-refractivity contribution >= 4 is 23.3 Å². The Morgan fingerprint density at radius 1 is 1.44 bits per heavy atom. The summed E-state index contributed by atoms with van der Waals surface area (Å²) in [5.41, 5.74) is 1.73. The molecule has 94 valence electrons. The number of fused-ring (bicyclic) bond motifs is 1. The number of esters is 1. The number of hydrogen-bond acceptors (Lipinski definition) is 4. The molecule has 1 aromatic carbocycles. The topological polar surface area (TPSA) is 68.4 Å². The Kier molecular flexibility index (Phi) is 3.32. The van der Waals surface area contributed by atoms with Gasteiger partial charge in [0.1, 0.15) is 11.9 Å². The summed E-state index contributed by atoms with van der Waals surface area (Å²) in [5, 5.41) is 0.864. The molecule has 2 rings (SSSR count). The highest BCUT2D eigenvalue weighted by Gasteiger charge is 2.13. The van der Waals surface area contributed by atoms with Gasteiger partial charge in [-0.3, -0.25) is 9.59 Å². The fourth-order valence-electron chi connectivity index (χ4n) is 1.84. The van der Waals surface area contributed by atoms with E-state index in [4.69, 9.17) is 9.47 Å². The number of benzene rings is 1. The fraction of sp³-hybridized carbons (Fsp3) is 0.231. The van der Waals surface area contributed by atoms with Crippen LogP contribution in [0.5, 0.6) is 5.75 Å². The molecule has 0 aliphatic heterocycles. The normalized spacial score (nSPS) is 12.1. The van der Waals surface area contributed by atoms with E-state index in [9.17, 15) is 9.59 Å². The summed E-state index contributed by atoms with van der Waals surface area (Å²) in [6.07, 6.45) is 1.42. The Bertz CT molecular complexity index is 588. The summed E-state index contributed by atoms with van der Waals surface area (Å²) >= 11 is 0. The number of ether oxygens (including phenoxy) is 2. The second-order valence-corrected chi connectivity index (χ2v) is 3.92. The summed E-state index contributed by atoms with van der Waals surface area (Å²) in [5.74, 6) is 0.0952. The van der Waals surface area contributed by atoms with Gasteiger partial charge < -0.3 is 14.5 Å². The van der Waals surface area contributed by atoms with Gasteiger partial charge >= 0.3 is 5.97 Å². The SMILES string of the molecule is CC(=O)Oc1ccc2[nH]cc(C(C)OC=O)c2c1. The van der Waals surface area contributed by atoms with Gasteiger partial charge in [-0.15, -0.1) is 0 Å². The first-order valence-corrected chi connectivity index (χ1v) is 5.50. The number of aromatic nitrogens is 1. The maximum absolute atomic E-state index is 10.9. The molecule has 0 saturated carbocycles. The molecule has 0 amide bonds. The van der Waals surface area contributed by atoms with E-state index in [1.54, 1.807) is 25.3 Å². The number of H-pyrrole nitrogens is 1. The Labute approximate surface area is 104 Å². The predicted molar refractivity (Wildman–Crippen MR) is 65.2 cm³/mol. The van der Waals surface area contributed by atoms with Gasteiger partial charge in [0.05, 0.1) is 0 Å².